The van der Waals surface area contributed by atoms with Crippen molar-refractivity contribution < 1.29 is 14.6 Å². The van der Waals surface area contributed by atoms with Crippen molar-refractivity contribution in [1.29, 1.82) is 0 Å². The lowest BCUT2D eigenvalue weighted by molar-refractivity contribution is -0.364. The molecular weight excluding hydrogens is 388 g/mol. The molecule has 0 unspecified atom stereocenters. The van der Waals surface area contributed by atoms with E-state index in [9.17, 15) is 9.59 Å². The molecular formula is C25H27N4O2+. The average Bonchev–Trinajstić information content (AvgIpc) is 2.85. The van der Waals surface area contributed by atoms with Crippen LogP contribution in [0.1, 0.15) is 12.8 Å². The summed E-state index contributed by atoms with van der Waals surface area (Å²) < 4.78 is 0. The van der Waals surface area contributed by atoms with E-state index in [4.69, 9.17) is 0 Å². The van der Waals surface area contributed by atoms with Crippen LogP contribution in [0.25, 0.3) is 0 Å². The molecule has 1 aliphatic heterocycles. The second kappa shape index (κ2) is 9.89. The molecule has 3 aromatic rings. The summed E-state index contributed by atoms with van der Waals surface area (Å²) in [5.41, 5.74) is 1.61. The Bertz CT molecular complexity index is 948. The number of pyridine rings is 1. The molecule has 1 saturated heterocycles. The van der Waals surface area contributed by atoms with Gasteiger partial charge >= 0.3 is 0 Å². The lowest BCUT2D eigenvalue weighted by atomic mass is 10.1. The molecule has 0 saturated carbocycles. The van der Waals surface area contributed by atoms with Gasteiger partial charge in [0, 0.05) is 30.3 Å². The molecule has 1 aliphatic rings. The van der Waals surface area contributed by atoms with Gasteiger partial charge in [-0.1, -0.05) is 42.5 Å². The van der Waals surface area contributed by atoms with Gasteiger partial charge in [-0.3, -0.25) is 19.4 Å². The fourth-order valence-corrected chi connectivity index (χ4v) is 3.85. The van der Waals surface area contributed by atoms with Crippen molar-refractivity contribution in [2.24, 2.45) is 0 Å². The number of anilines is 3. The predicted molar refractivity (Wildman–Crippen MR) is 121 cm³/mol. The van der Waals surface area contributed by atoms with Crippen LogP contribution in [0.5, 0.6) is 0 Å². The third-order valence-electron chi connectivity index (χ3n) is 5.50. The third kappa shape index (κ3) is 5.09. The van der Waals surface area contributed by atoms with Crippen molar-refractivity contribution in [3.63, 3.8) is 0 Å². The first-order chi connectivity index (χ1) is 15.2. The maximum atomic E-state index is 13.1. The molecule has 2 aromatic carbocycles. The van der Waals surface area contributed by atoms with Crippen molar-refractivity contribution in [3.8, 4) is 0 Å². The monoisotopic (exact) mass is 415 g/mol. The maximum absolute atomic E-state index is 13.1. The van der Waals surface area contributed by atoms with Gasteiger partial charge in [0.05, 0.1) is 19.3 Å². The number of aromatic amines is 1. The molecule has 1 N–H and O–H groups in total. The van der Waals surface area contributed by atoms with Crippen LogP contribution in [0, 0.1) is 0 Å². The number of hydrogen-bond acceptors (Lipinski definition) is 3. The van der Waals surface area contributed by atoms with Crippen molar-refractivity contribution >= 4 is 29.0 Å². The summed E-state index contributed by atoms with van der Waals surface area (Å²) in [5, 5.41) is 0. The molecule has 6 nitrogen and oxygen atoms in total. The van der Waals surface area contributed by atoms with E-state index >= 15 is 0 Å². The van der Waals surface area contributed by atoms with E-state index in [1.54, 1.807) is 4.90 Å². The molecule has 4 rings (SSSR count). The van der Waals surface area contributed by atoms with Gasteiger partial charge in [-0.2, -0.15) is 0 Å². The molecule has 31 heavy (non-hydrogen) atoms. The van der Waals surface area contributed by atoms with E-state index in [0.717, 1.165) is 30.3 Å². The molecule has 0 spiro atoms. The zero-order chi connectivity index (χ0) is 21.5. The number of piperazine rings is 1. The van der Waals surface area contributed by atoms with Crippen molar-refractivity contribution in [2.75, 3.05) is 36.0 Å². The second-order valence-corrected chi connectivity index (χ2v) is 7.52. The first-order valence-corrected chi connectivity index (χ1v) is 10.6. The lowest BCUT2D eigenvalue weighted by Gasteiger charge is -2.31. The van der Waals surface area contributed by atoms with E-state index in [0.29, 0.717) is 13.1 Å². The highest BCUT2D eigenvalue weighted by molar-refractivity contribution is 6.01. The Morgan fingerprint density at radius 1 is 0.742 bits per heavy atom. The Morgan fingerprint density at radius 2 is 1.32 bits per heavy atom. The fourth-order valence-electron chi connectivity index (χ4n) is 3.85. The number of rotatable bonds is 6. The van der Waals surface area contributed by atoms with Crippen LogP contribution < -0.4 is 14.8 Å². The minimum Gasteiger partial charge on any atom is -0.335 e. The highest BCUT2D eigenvalue weighted by atomic mass is 16.2. The number of hydrogen-bond donors (Lipinski definition) is 0. The van der Waals surface area contributed by atoms with Crippen molar-refractivity contribution in [3.05, 3.63) is 85.1 Å². The summed E-state index contributed by atoms with van der Waals surface area (Å²) in [5.74, 6) is 1.01. The van der Waals surface area contributed by atoms with E-state index in [1.807, 2.05) is 90.0 Å². The maximum Gasteiger partial charge on any atom is 0.274 e. The highest BCUT2D eigenvalue weighted by Crippen LogP contribution is 2.26. The fraction of sp³-hybridized carbons (Fsp3) is 0.240. The van der Waals surface area contributed by atoms with Gasteiger partial charge in [0.2, 0.25) is 11.8 Å². The summed E-state index contributed by atoms with van der Waals surface area (Å²) in [4.78, 5) is 34.9. The van der Waals surface area contributed by atoms with Gasteiger partial charge in [-0.05, 0) is 30.3 Å². The largest absolute Gasteiger partial charge is 0.335 e. The van der Waals surface area contributed by atoms with Crippen LogP contribution in [-0.2, 0) is 9.59 Å². The van der Waals surface area contributed by atoms with Gasteiger partial charge in [0.25, 0.3) is 5.82 Å². The van der Waals surface area contributed by atoms with E-state index in [-0.39, 0.29) is 24.7 Å². The van der Waals surface area contributed by atoms with E-state index in [2.05, 4.69) is 9.88 Å². The first-order valence-electron chi connectivity index (χ1n) is 10.6. The van der Waals surface area contributed by atoms with Crippen LogP contribution in [0.15, 0.2) is 85.1 Å². The Morgan fingerprint density at radius 3 is 1.87 bits per heavy atom. The van der Waals surface area contributed by atoms with Crippen LogP contribution in [0.2, 0.25) is 0 Å². The summed E-state index contributed by atoms with van der Waals surface area (Å²) in [6.07, 6.45) is 2.30. The minimum absolute atomic E-state index is 0.0334. The van der Waals surface area contributed by atoms with Crippen molar-refractivity contribution in [1.82, 2.24) is 4.90 Å². The summed E-state index contributed by atoms with van der Waals surface area (Å²) in [7, 11) is 0. The van der Waals surface area contributed by atoms with Gasteiger partial charge in [-0.25, -0.2) is 4.98 Å². The summed E-state index contributed by atoms with van der Waals surface area (Å²) in [6.45, 7) is 2.88. The highest BCUT2D eigenvalue weighted by Gasteiger charge is 2.27. The normalized spacial score (nSPS) is 13.7. The topological polar surface area (TPSA) is 58.0 Å². The molecule has 2 heterocycles. The molecule has 0 bridgehead atoms. The number of benzene rings is 2. The lowest BCUT2D eigenvalue weighted by Crippen LogP contribution is -2.50. The van der Waals surface area contributed by atoms with Gasteiger partial charge in [-0.15, -0.1) is 0 Å². The zero-order valence-corrected chi connectivity index (χ0v) is 17.5. The zero-order valence-electron chi connectivity index (χ0n) is 17.5. The number of carbonyl (C=O) groups is 2. The van der Waals surface area contributed by atoms with Crippen LogP contribution in [0.3, 0.4) is 0 Å². The third-order valence-corrected chi connectivity index (χ3v) is 5.50. The van der Waals surface area contributed by atoms with Crippen LogP contribution >= 0.6 is 0 Å². The number of carbonyl (C=O) groups excluding carboxylic acids is 2. The first kappa shape index (κ1) is 20.6. The van der Waals surface area contributed by atoms with Crippen LogP contribution in [-0.4, -0.2) is 42.9 Å². The summed E-state index contributed by atoms with van der Waals surface area (Å²) in [6, 6.07) is 25.1. The number of H-pyrrole nitrogens is 1. The van der Waals surface area contributed by atoms with Gasteiger partial charge < -0.3 is 4.90 Å². The van der Waals surface area contributed by atoms with Gasteiger partial charge in [0.15, 0.2) is 0 Å². The summed E-state index contributed by atoms with van der Waals surface area (Å²) >= 11 is 0. The van der Waals surface area contributed by atoms with Crippen molar-refractivity contribution in [2.45, 2.75) is 12.8 Å². The molecule has 0 atom stereocenters. The Hall–Kier alpha value is -3.67. The average molecular weight is 416 g/mol. The quantitative estimate of drug-likeness (QED) is 0.621. The molecule has 6 heteroatoms. The standard InChI is InChI=1S/C25H26N4O2/c30-24(28-19-17-27(18-20-28)23-13-7-8-16-26-23)14-15-25(31)29(21-9-3-1-4-10-21)22-11-5-2-6-12-22/h1-13,16H,14-15,17-20H2/p+1. The van der Waals surface area contributed by atoms with Crippen LogP contribution in [0.4, 0.5) is 17.2 Å². The molecule has 0 aliphatic carbocycles. The second-order valence-electron chi connectivity index (χ2n) is 7.52. The van der Waals surface area contributed by atoms with E-state index in [1.165, 1.54) is 0 Å². The number of nitrogens with zero attached hydrogens (tertiary/aromatic N) is 3. The van der Waals surface area contributed by atoms with E-state index < -0.39 is 0 Å². The predicted octanol–water partition coefficient (Wildman–Crippen LogP) is 3.29. The van der Waals surface area contributed by atoms with Gasteiger partial charge in [0.1, 0.15) is 13.1 Å². The molecule has 158 valence electrons. The number of para-hydroxylation sites is 2. The molecule has 0 radical (unpaired) electrons. The molecule has 1 aromatic heterocycles. The Kier molecular flexibility index (Phi) is 6.57. The smallest absolute Gasteiger partial charge is 0.274 e. The SMILES string of the molecule is O=C(CCC(=O)N(c1ccccc1)c1ccccc1)N1CCN(c2cccc[nH+]2)CC1. The molecule has 2 amide bonds. The minimum atomic E-state index is -0.0803. The number of amides is 2. The Balaban J connectivity index is 1.35. The number of aromatic nitrogens is 1. The Labute approximate surface area is 182 Å². The molecule has 1 fully saturated rings. The number of nitrogens with one attached hydrogen (secondary N) is 1.